The van der Waals surface area contributed by atoms with Crippen molar-refractivity contribution in [3.8, 4) is 66.8 Å². The van der Waals surface area contributed by atoms with Gasteiger partial charge in [0.2, 0.25) is 0 Å². The van der Waals surface area contributed by atoms with Gasteiger partial charge in [0.25, 0.3) is 0 Å². The molecule has 0 amide bonds. The van der Waals surface area contributed by atoms with Crippen molar-refractivity contribution in [2.24, 2.45) is 0 Å². The van der Waals surface area contributed by atoms with Crippen molar-refractivity contribution < 1.29 is 0 Å². The van der Waals surface area contributed by atoms with Gasteiger partial charge in [-0.3, -0.25) is 0 Å². The maximum absolute atomic E-state index is 3.71. The number of halogens is 1. The molecule has 0 spiro atoms. The molecule has 11 aromatic carbocycles. The largest absolute Gasteiger partial charge is 0.310 e. The lowest BCUT2D eigenvalue weighted by Crippen LogP contribution is -2.11. The van der Waals surface area contributed by atoms with Crippen LogP contribution in [0.1, 0.15) is 72.3 Å². The van der Waals surface area contributed by atoms with Crippen LogP contribution in [0.25, 0.3) is 66.8 Å². The van der Waals surface area contributed by atoms with Gasteiger partial charge >= 0.3 is 0 Å². The van der Waals surface area contributed by atoms with Crippen LogP contribution in [0.5, 0.6) is 0 Å². The predicted molar refractivity (Wildman–Crippen MR) is 358 cm³/mol. The summed E-state index contributed by atoms with van der Waals surface area (Å²) < 4.78 is 1.11. The van der Waals surface area contributed by atoms with Gasteiger partial charge < -0.3 is 9.80 Å². The summed E-state index contributed by atoms with van der Waals surface area (Å²) in [5.74, 6) is 0. The zero-order valence-electron chi connectivity index (χ0n) is 49.9. The quantitative estimate of drug-likeness (QED) is 0.120. The SMILES string of the molecule is Cc1ccc(-c2ccc(N(c3ccc(-c4c(C)cc(C)cc4C)cc3)c3ccc(-c4cc(C)c(-c5ccc(N(c6ccc(-c7c(C)cc(Br)cc7C)cc6)c6ccc(-c7ccc(C)cc7)c(C)c6)cc5C)cc4C)c(C)c3)cc2C)cc1. The number of rotatable bonds is 12. The smallest absolute Gasteiger partial charge is 0.0464 e. The van der Waals surface area contributed by atoms with E-state index in [1.54, 1.807) is 0 Å². The summed E-state index contributed by atoms with van der Waals surface area (Å²) in [6.45, 7) is 28.8. The van der Waals surface area contributed by atoms with E-state index in [0.29, 0.717) is 0 Å². The number of anilines is 6. The number of hydrogen-bond donors (Lipinski definition) is 0. The minimum Gasteiger partial charge on any atom is -0.310 e. The molecule has 0 heterocycles. The van der Waals surface area contributed by atoms with E-state index in [9.17, 15) is 0 Å². The molecule has 3 heteroatoms. The van der Waals surface area contributed by atoms with Crippen molar-refractivity contribution in [1.29, 1.82) is 0 Å². The van der Waals surface area contributed by atoms with Crippen LogP contribution in [0.15, 0.2) is 211 Å². The fourth-order valence-electron chi connectivity index (χ4n) is 12.7. The van der Waals surface area contributed by atoms with Crippen LogP contribution in [-0.2, 0) is 0 Å². The van der Waals surface area contributed by atoms with E-state index in [4.69, 9.17) is 0 Å². The topological polar surface area (TPSA) is 6.48 Å². The molecule has 406 valence electrons. The normalized spacial score (nSPS) is 11.3. The van der Waals surface area contributed by atoms with Crippen LogP contribution >= 0.6 is 15.9 Å². The molecule has 0 radical (unpaired) electrons. The molecule has 11 rings (SSSR count). The lowest BCUT2D eigenvalue weighted by Gasteiger charge is -2.28. The fourth-order valence-corrected chi connectivity index (χ4v) is 13.4. The van der Waals surface area contributed by atoms with E-state index < -0.39 is 0 Å². The second-order valence-electron chi connectivity index (χ2n) is 23.2. The maximum Gasteiger partial charge on any atom is 0.0464 e. The van der Waals surface area contributed by atoms with E-state index in [0.717, 1.165) is 38.6 Å². The lowest BCUT2D eigenvalue weighted by molar-refractivity contribution is 1.25. The molecule has 0 aromatic heterocycles. The van der Waals surface area contributed by atoms with Gasteiger partial charge in [-0.1, -0.05) is 154 Å². The van der Waals surface area contributed by atoms with Gasteiger partial charge in [0.15, 0.2) is 0 Å². The van der Waals surface area contributed by atoms with Crippen LogP contribution in [0.3, 0.4) is 0 Å². The Labute approximate surface area is 496 Å². The molecule has 0 aliphatic carbocycles. The Balaban J connectivity index is 0.934. The Bertz CT molecular complexity index is 3900. The predicted octanol–water partition coefficient (Wildman–Crippen LogP) is 23.4. The van der Waals surface area contributed by atoms with E-state index in [1.165, 1.54) is 139 Å². The molecule has 0 atom stereocenters. The van der Waals surface area contributed by atoms with Crippen LogP contribution in [0.2, 0.25) is 0 Å². The molecule has 0 fully saturated rings. The summed E-state index contributed by atoms with van der Waals surface area (Å²) in [6, 6.07) is 77.5. The summed E-state index contributed by atoms with van der Waals surface area (Å²) in [5.41, 5.74) is 38.1. The van der Waals surface area contributed by atoms with Crippen molar-refractivity contribution in [3.05, 3.63) is 283 Å². The number of benzene rings is 11. The van der Waals surface area contributed by atoms with E-state index in [-0.39, 0.29) is 0 Å². The van der Waals surface area contributed by atoms with Gasteiger partial charge in [-0.25, -0.2) is 0 Å². The first-order valence-corrected chi connectivity index (χ1v) is 29.5. The van der Waals surface area contributed by atoms with Crippen LogP contribution in [0, 0.1) is 90.0 Å². The van der Waals surface area contributed by atoms with Gasteiger partial charge in [0.1, 0.15) is 0 Å². The molecule has 0 bridgehead atoms. The summed E-state index contributed by atoms with van der Waals surface area (Å²) >= 11 is 3.71. The minimum atomic E-state index is 1.11. The lowest BCUT2D eigenvalue weighted by atomic mass is 9.88. The molecule has 0 aliphatic heterocycles. The standard InChI is InChI=1S/C79H73BrN2/c1-48-14-18-61(19-15-48)72-34-30-68(42-51(72)4)81(66-26-22-63(23-27-66)78-57(10)38-50(3)39-58(78)11)70-32-36-74(53(6)44-70)76-46-56(9)77(47-55(76)8)75-37-33-71(45-54(75)7)82(69-31-35-73(52(5)43-69)62-20-16-49(2)17-21-62)67-28-24-64(25-29-67)79-59(12)40-65(80)41-60(79)13/h14-47H,1-13H3. The zero-order chi connectivity index (χ0) is 57.7. The Morgan fingerprint density at radius 3 is 0.793 bits per heavy atom. The van der Waals surface area contributed by atoms with Gasteiger partial charge in [-0.15, -0.1) is 0 Å². The summed E-state index contributed by atoms with van der Waals surface area (Å²) in [7, 11) is 0. The van der Waals surface area contributed by atoms with Gasteiger partial charge in [-0.2, -0.15) is 0 Å². The van der Waals surface area contributed by atoms with Gasteiger partial charge in [0.05, 0.1) is 0 Å². The first-order valence-electron chi connectivity index (χ1n) is 28.7. The van der Waals surface area contributed by atoms with Crippen LogP contribution < -0.4 is 9.80 Å². The third-order valence-electron chi connectivity index (χ3n) is 16.8. The Morgan fingerprint density at radius 2 is 0.476 bits per heavy atom. The first-order chi connectivity index (χ1) is 39.4. The third-order valence-corrected chi connectivity index (χ3v) is 17.2. The summed E-state index contributed by atoms with van der Waals surface area (Å²) in [6.07, 6.45) is 0. The Kier molecular flexibility index (Phi) is 15.4. The van der Waals surface area contributed by atoms with Gasteiger partial charge in [0, 0.05) is 38.6 Å². The van der Waals surface area contributed by atoms with E-state index in [2.05, 4.69) is 322 Å². The molecule has 0 N–H and O–H groups in total. The minimum absolute atomic E-state index is 1.11. The molecule has 11 aromatic rings. The zero-order valence-corrected chi connectivity index (χ0v) is 51.5. The van der Waals surface area contributed by atoms with E-state index >= 15 is 0 Å². The van der Waals surface area contributed by atoms with Crippen molar-refractivity contribution in [2.75, 3.05) is 9.80 Å². The second-order valence-corrected chi connectivity index (χ2v) is 24.1. The molecule has 82 heavy (non-hydrogen) atoms. The number of aryl methyl sites for hydroxylation is 13. The fraction of sp³-hybridized carbons (Fsp3) is 0.165. The highest BCUT2D eigenvalue weighted by molar-refractivity contribution is 9.10. The highest BCUT2D eigenvalue weighted by atomic mass is 79.9. The summed E-state index contributed by atoms with van der Waals surface area (Å²) in [4.78, 5) is 4.82. The highest BCUT2D eigenvalue weighted by Crippen LogP contribution is 2.44. The Morgan fingerprint density at radius 1 is 0.207 bits per heavy atom. The molecule has 0 saturated carbocycles. The van der Waals surface area contributed by atoms with Crippen molar-refractivity contribution in [3.63, 3.8) is 0 Å². The first kappa shape index (κ1) is 55.4. The molecule has 2 nitrogen and oxygen atoms in total. The summed E-state index contributed by atoms with van der Waals surface area (Å²) in [5, 5.41) is 0. The monoisotopic (exact) mass is 1130 g/mol. The third kappa shape index (κ3) is 11.0. The maximum atomic E-state index is 3.71. The van der Waals surface area contributed by atoms with Crippen LogP contribution in [0.4, 0.5) is 34.1 Å². The Hall–Kier alpha value is -8.50. The molecular formula is C79H73BrN2. The molecule has 0 aliphatic rings. The number of hydrogen-bond acceptors (Lipinski definition) is 2. The average molecular weight is 1130 g/mol. The van der Waals surface area contributed by atoms with Crippen molar-refractivity contribution in [1.82, 2.24) is 0 Å². The van der Waals surface area contributed by atoms with Crippen molar-refractivity contribution >= 4 is 50.1 Å². The van der Waals surface area contributed by atoms with Crippen molar-refractivity contribution in [2.45, 2.75) is 90.0 Å². The molecule has 0 unspecified atom stereocenters. The second kappa shape index (κ2) is 22.8. The number of nitrogens with zero attached hydrogens (tertiary/aromatic N) is 2. The van der Waals surface area contributed by atoms with Gasteiger partial charge in [-0.05, 0) is 297 Å². The highest BCUT2D eigenvalue weighted by Gasteiger charge is 2.21. The van der Waals surface area contributed by atoms with E-state index in [1.807, 2.05) is 0 Å². The van der Waals surface area contributed by atoms with Crippen LogP contribution in [-0.4, -0.2) is 0 Å². The molecule has 0 saturated heterocycles. The average Bonchev–Trinajstić information content (AvgIpc) is 3.53. The molecular weight excluding hydrogens is 1060 g/mol.